The first-order valence-corrected chi connectivity index (χ1v) is 4.64. The Morgan fingerprint density at radius 3 is 2.36 bits per heavy atom. The van der Waals surface area contributed by atoms with Crippen molar-refractivity contribution in [1.82, 2.24) is 0 Å². The maximum absolute atomic E-state index is 9.67. The molecule has 0 spiro atoms. The van der Waals surface area contributed by atoms with Crippen molar-refractivity contribution in [2.24, 2.45) is 0 Å². The second-order valence-electron chi connectivity index (χ2n) is 2.51. The third-order valence-corrected chi connectivity index (χ3v) is 2.04. The van der Waals surface area contributed by atoms with Gasteiger partial charge in [-0.1, -0.05) is 42.5 Å². The van der Waals surface area contributed by atoms with Crippen LogP contribution in [0.5, 0.6) is 0 Å². The van der Waals surface area contributed by atoms with E-state index in [0.29, 0.717) is 5.56 Å². The Hall–Kier alpha value is -1.31. The Balaban J connectivity index is 3.23. The summed E-state index contributed by atoms with van der Waals surface area (Å²) in [6, 6.07) is 10.6. The van der Waals surface area contributed by atoms with Crippen molar-refractivity contribution in [3.63, 3.8) is 0 Å². The van der Waals surface area contributed by atoms with Crippen LogP contribution in [0.3, 0.4) is 0 Å². The van der Waals surface area contributed by atoms with Gasteiger partial charge in [-0.05, 0) is 0 Å². The first-order valence-electron chi connectivity index (χ1n) is 3.79. The molecule has 0 amide bonds. The van der Waals surface area contributed by atoms with Crippen LogP contribution in [0.1, 0.15) is 5.56 Å². The van der Waals surface area contributed by atoms with Crippen molar-refractivity contribution >= 4 is 34.8 Å². The lowest BCUT2D eigenvalue weighted by Crippen LogP contribution is -1.94. The molecule has 0 aliphatic rings. The van der Waals surface area contributed by atoms with E-state index in [1.165, 1.54) is 0 Å². The molecule has 2 nitrogen and oxygen atoms in total. The summed E-state index contributed by atoms with van der Waals surface area (Å²) in [7, 11) is 0. The summed E-state index contributed by atoms with van der Waals surface area (Å²) in [6.07, 6.45) is 0. The van der Waals surface area contributed by atoms with Crippen LogP contribution in [0.15, 0.2) is 35.9 Å². The number of benzene rings is 1. The van der Waals surface area contributed by atoms with E-state index in [9.17, 15) is 5.11 Å². The standard InChI is InChI=1S/C10H7NOS2/c11-6-8(10(13)14)9(12)7-4-2-1-3-5-7/h1-5,12H,(H,13,14). The fourth-order valence-corrected chi connectivity index (χ4v) is 1.24. The molecule has 0 aliphatic carbocycles. The molecule has 1 aromatic rings. The average Bonchev–Trinajstić information content (AvgIpc) is 2.19. The summed E-state index contributed by atoms with van der Waals surface area (Å²) >= 11 is 8.57. The fraction of sp³-hybridized carbons (Fsp3) is 0. The molecular formula is C10H7NOS2. The third-order valence-electron chi connectivity index (χ3n) is 1.61. The van der Waals surface area contributed by atoms with Crippen molar-refractivity contribution in [1.29, 1.82) is 5.26 Å². The monoisotopic (exact) mass is 221 g/mol. The topological polar surface area (TPSA) is 44.0 Å². The third kappa shape index (κ3) is 2.34. The van der Waals surface area contributed by atoms with Gasteiger partial charge in [0.2, 0.25) is 0 Å². The molecule has 14 heavy (non-hydrogen) atoms. The Morgan fingerprint density at radius 2 is 1.93 bits per heavy atom. The maximum Gasteiger partial charge on any atom is 0.142 e. The van der Waals surface area contributed by atoms with E-state index in [0.717, 1.165) is 0 Å². The Labute approximate surface area is 92.9 Å². The molecule has 0 unspecified atom stereocenters. The number of nitriles is 1. The van der Waals surface area contributed by atoms with E-state index in [4.69, 9.17) is 17.5 Å². The summed E-state index contributed by atoms with van der Waals surface area (Å²) in [4.78, 5) is 0. The highest BCUT2D eigenvalue weighted by molar-refractivity contribution is 8.11. The second kappa shape index (κ2) is 4.80. The minimum atomic E-state index is -0.131. The molecule has 70 valence electrons. The molecule has 0 aromatic heterocycles. The molecule has 0 bridgehead atoms. The lowest BCUT2D eigenvalue weighted by atomic mass is 10.1. The highest BCUT2D eigenvalue weighted by Crippen LogP contribution is 2.17. The van der Waals surface area contributed by atoms with Crippen LogP contribution < -0.4 is 0 Å². The molecule has 1 aromatic carbocycles. The van der Waals surface area contributed by atoms with E-state index in [1.54, 1.807) is 24.3 Å². The van der Waals surface area contributed by atoms with Crippen LogP contribution in [0, 0.1) is 11.3 Å². The first kappa shape index (κ1) is 10.8. The normalized spacial score (nSPS) is 11.4. The molecule has 0 saturated carbocycles. The first-order chi connectivity index (χ1) is 6.66. The van der Waals surface area contributed by atoms with Gasteiger partial charge in [-0.25, -0.2) is 0 Å². The highest BCUT2D eigenvalue weighted by Gasteiger charge is 2.09. The number of rotatable bonds is 2. The number of thiocarbonyl (C=S) groups is 1. The van der Waals surface area contributed by atoms with E-state index in [1.807, 2.05) is 12.1 Å². The minimum Gasteiger partial charge on any atom is -0.506 e. The summed E-state index contributed by atoms with van der Waals surface area (Å²) in [5, 5.41) is 18.4. The SMILES string of the molecule is N#CC(C(=S)S)=C(O)c1ccccc1. The molecular weight excluding hydrogens is 214 g/mol. The molecule has 0 heterocycles. The predicted molar refractivity (Wildman–Crippen MR) is 63.2 cm³/mol. The van der Waals surface area contributed by atoms with Crippen molar-refractivity contribution < 1.29 is 5.11 Å². The summed E-state index contributed by atoms with van der Waals surface area (Å²) in [6.45, 7) is 0. The van der Waals surface area contributed by atoms with Gasteiger partial charge < -0.3 is 5.11 Å². The van der Waals surface area contributed by atoms with E-state index in [-0.39, 0.29) is 15.5 Å². The molecule has 0 fully saturated rings. The molecule has 0 saturated heterocycles. The van der Waals surface area contributed by atoms with Gasteiger partial charge in [0, 0.05) is 5.56 Å². The minimum absolute atomic E-state index is 0.0227. The Morgan fingerprint density at radius 1 is 1.36 bits per heavy atom. The zero-order valence-corrected chi connectivity index (χ0v) is 8.85. The largest absolute Gasteiger partial charge is 0.506 e. The second-order valence-corrected chi connectivity index (χ2v) is 3.66. The van der Waals surface area contributed by atoms with E-state index in [2.05, 4.69) is 12.6 Å². The summed E-state index contributed by atoms with van der Waals surface area (Å²) in [5.74, 6) is -0.131. The smallest absolute Gasteiger partial charge is 0.142 e. The Bertz CT molecular complexity index is 417. The summed E-state index contributed by atoms with van der Waals surface area (Å²) in [5.41, 5.74) is 0.579. The number of hydrogen-bond donors (Lipinski definition) is 2. The van der Waals surface area contributed by atoms with Crippen molar-refractivity contribution in [2.75, 3.05) is 0 Å². The van der Waals surface area contributed by atoms with Gasteiger partial charge in [-0.15, -0.1) is 12.6 Å². The van der Waals surface area contributed by atoms with Crippen LogP contribution in [-0.4, -0.2) is 9.30 Å². The Kier molecular flexibility index (Phi) is 3.69. The number of aliphatic hydroxyl groups is 1. The number of aliphatic hydroxyl groups excluding tert-OH is 1. The van der Waals surface area contributed by atoms with Gasteiger partial charge in [-0.3, -0.25) is 0 Å². The average molecular weight is 221 g/mol. The van der Waals surface area contributed by atoms with Crippen molar-refractivity contribution in [3.05, 3.63) is 41.5 Å². The molecule has 4 heteroatoms. The predicted octanol–water partition coefficient (Wildman–Crippen LogP) is 2.74. The van der Waals surface area contributed by atoms with Crippen LogP contribution in [-0.2, 0) is 0 Å². The molecule has 0 atom stereocenters. The molecule has 1 rings (SSSR count). The highest BCUT2D eigenvalue weighted by atomic mass is 32.1. The van der Waals surface area contributed by atoms with Gasteiger partial charge in [-0.2, -0.15) is 5.26 Å². The lowest BCUT2D eigenvalue weighted by molar-refractivity contribution is 0.510. The van der Waals surface area contributed by atoms with E-state index < -0.39 is 0 Å². The van der Waals surface area contributed by atoms with Crippen molar-refractivity contribution in [2.45, 2.75) is 0 Å². The van der Waals surface area contributed by atoms with Crippen LogP contribution >= 0.6 is 24.8 Å². The number of thiol groups is 1. The van der Waals surface area contributed by atoms with Gasteiger partial charge in [0.15, 0.2) is 0 Å². The number of hydrogen-bond acceptors (Lipinski definition) is 3. The quantitative estimate of drug-likeness (QED) is 0.265. The van der Waals surface area contributed by atoms with Crippen LogP contribution in [0.2, 0.25) is 0 Å². The number of nitrogens with zero attached hydrogens (tertiary/aromatic N) is 1. The maximum atomic E-state index is 9.67. The van der Waals surface area contributed by atoms with Gasteiger partial charge >= 0.3 is 0 Å². The van der Waals surface area contributed by atoms with Gasteiger partial charge in [0.05, 0.1) is 4.20 Å². The van der Waals surface area contributed by atoms with E-state index >= 15 is 0 Å². The molecule has 0 radical (unpaired) electrons. The summed E-state index contributed by atoms with van der Waals surface area (Å²) < 4.78 is 0.0915. The lowest BCUT2D eigenvalue weighted by Gasteiger charge is -2.01. The van der Waals surface area contributed by atoms with Gasteiger partial charge in [0.25, 0.3) is 0 Å². The van der Waals surface area contributed by atoms with Crippen molar-refractivity contribution in [3.8, 4) is 6.07 Å². The molecule has 0 aliphatic heterocycles. The zero-order valence-electron chi connectivity index (χ0n) is 7.14. The van der Waals surface area contributed by atoms with Crippen LogP contribution in [0.25, 0.3) is 5.76 Å². The van der Waals surface area contributed by atoms with Gasteiger partial charge in [0.1, 0.15) is 17.4 Å². The fourth-order valence-electron chi connectivity index (χ4n) is 0.942. The molecule has 1 N–H and O–H groups in total. The van der Waals surface area contributed by atoms with Crippen LogP contribution in [0.4, 0.5) is 0 Å². The zero-order chi connectivity index (χ0) is 10.6.